The van der Waals surface area contributed by atoms with Gasteiger partial charge in [-0.05, 0) is 12.1 Å². The van der Waals surface area contributed by atoms with Crippen molar-refractivity contribution in [3.8, 4) is 0 Å². The zero-order valence-corrected chi connectivity index (χ0v) is 8.98. The molecule has 0 aliphatic heterocycles. The Hall–Kier alpha value is -1.66. The predicted octanol–water partition coefficient (Wildman–Crippen LogP) is -0.432. The molecule has 88 valence electrons. The van der Waals surface area contributed by atoms with E-state index in [-0.39, 0.29) is 0 Å². The van der Waals surface area contributed by atoms with E-state index in [1.807, 2.05) is 0 Å². The first-order valence-corrected chi connectivity index (χ1v) is 5.02. The van der Waals surface area contributed by atoms with Gasteiger partial charge in [0.05, 0.1) is 18.8 Å². The molecule has 0 radical (unpaired) electrons. The maximum Gasteiger partial charge on any atom is 0.252 e. The predicted molar refractivity (Wildman–Crippen MR) is 61.1 cm³/mol. The molecule has 1 aromatic rings. The van der Waals surface area contributed by atoms with Gasteiger partial charge in [0.2, 0.25) is 0 Å². The Kier molecular flexibility index (Phi) is 5.24. The van der Waals surface area contributed by atoms with Crippen molar-refractivity contribution in [1.29, 1.82) is 0 Å². The zero-order valence-electron chi connectivity index (χ0n) is 8.98. The van der Waals surface area contributed by atoms with E-state index >= 15 is 0 Å². The molecular weight excluding hydrogens is 208 g/mol. The fraction of sp³-hybridized carbons (Fsp3) is 0.400. The summed E-state index contributed by atoms with van der Waals surface area (Å²) in [6.45, 7) is 2.08. The molecule has 0 aromatic carbocycles. The average molecular weight is 224 g/mol. The van der Waals surface area contributed by atoms with Crippen LogP contribution in [0, 0.1) is 0 Å². The minimum Gasteiger partial charge on any atom is -0.378 e. The number of ether oxygens (including phenoxy) is 1. The first-order chi connectivity index (χ1) is 7.75. The van der Waals surface area contributed by atoms with Gasteiger partial charge in [-0.2, -0.15) is 0 Å². The molecule has 6 nitrogen and oxygen atoms in total. The Bertz CT molecular complexity index is 343. The van der Waals surface area contributed by atoms with Crippen LogP contribution in [-0.4, -0.2) is 37.2 Å². The van der Waals surface area contributed by atoms with Gasteiger partial charge >= 0.3 is 0 Å². The van der Waals surface area contributed by atoms with Crippen LogP contribution in [0.1, 0.15) is 10.4 Å². The Morgan fingerprint density at radius 1 is 1.50 bits per heavy atom. The van der Waals surface area contributed by atoms with Gasteiger partial charge in [0.1, 0.15) is 5.82 Å². The number of carbonyl (C=O) groups is 1. The molecule has 0 unspecified atom stereocenters. The molecule has 6 heteroatoms. The van der Waals surface area contributed by atoms with E-state index in [0.29, 0.717) is 37.7 Å². The molecule has 0 spiro atoms. The minimum absolute atomic E-state index is 0.376. The van der Waals surface area contributed by atoms with Crippen LogP contribution in [-0.2, 0) is 4.74 Å². The highest BCUT2D eigenvalue weighted by molar-refractivity contribution is 5.97. The molecular formula is C10H16N4O2. The van der Waals surface area contributed by atoms with Gasteiger partial charge in [0.25, 0.3) is 5.91 Å². The molecule has 5 N–H and O–H groups in total. The molecule has 1 aromatic heterocycles. The quantitative estimate of drug-likeness (QED) is 0.545. The molecule has 1 amide bonds. The summed E-state index contributed by atoms with van der Waals surface area (Å²) >= 11 is 0. The van der Waals surface area contributed by atoms with Crippen LogP contribution in [0.25, 0.3) is 0 Å². The number of amides is 1. The molecule has 0 bridgehead atoms. The van der Waals surface area contributed by atoms with Crippen LogP contribution < -0.4 is 16.8 Å². The van der Waals surface area contributed by atoms with Gasteiger partial charge < -0.3 is 21.5 Å². The van der Waals surface area contributed by atoms with Gasteiger partial charge in [-0.1, -0.05) is 0 Å². The van der Waals surface area contributed by atoms with Crippen LogP contribution in [0.4, 0.5) is 5.82 Å². The topological polar surface area (TPSA) is 103 Å². The summed E-state index contributed by atoms with van der Waals surface area (Å²) in [5, 5.41) is 2.98. The van der Waals surface area contributed by atoms with E-state index < -0.39 is 5.91 Å². The van der Waals surface area contributed by atoms with Crippen molar-refractivity contribution in [2.75, 3.05) is 31.6 Å². The number of nitrogens with zero attached hydrogens (tertiary/aromatic N) is 1. The molecule has 1 rings (SSSR count). The Balaban J connectivity index is 2.44. The normalized spacial score (nSPS) is 10.1. The maximum atomic E-state index is 11.1. The van der Waals surface area contributed by atoms with E-state index in [4.69, 9.17) is 16.2 Å². The largest absolute Gasteiger partial charge is 0.378 e. The van der Waals surface area contributed by atoms with Crippen molar-refractivity contribution >= 4 is 11.7 Å². The number of anilines is 1. The first kappa shape index (κ1) is 12.4. The number of primary amides is 1. The van der Waals surface area contributed by atoms with E-state index in [2.05, 4.69) is 10.3 Å². The van der Waals surface area contributed by atoms with E-state index in [9.17, 15) is 4.79 Å². The number of carbonyl (C=O) groups excluding carboxylic acids is 1. The molecule has 0 atom stereocenters. The second kappa shape index (κ2) is 6.76. The lowest BCUT2D eigenvalue weighted by Crippen LogP contribution is -2.18. The minimum atomic E-state index is -0.501. The summed E-state index contributed by atoms with van der Waals surface area (Å²) in [5.74, 6) is -0.0233. The average Bonchev–Trinajstić information content (AvgIpc) is 2.29. The number of aromatic nitrogens is 1. The van der Waals surface area contributed by atoms with E-state index in [0.717, 1.165) is 0 Å². The highest BCUT2D eigenvalue weighted by atomic mass is 16.5. The highest BCUT2D eigenvalue weighted by Gasteiger charge is 2.07. The third-order valence-electron chi connectivity index (χ3n) is 1.87. The molecule has 0 aliphatic carbocycles. The SMILES string of the molecule is NCCOCCNc1ncccc1C(N)=O. The van der Waals surface area contributed by atoms with E-state index in [1.54, 1.807) is 18.3 Å². The van der Waals surface area contributed by atoms with Crippen molar-refractivity contribution < 1.29 is 9.53 Å². The van der Waals surface area contributed by atoms with Gasteiger partial charge in [-0.3, -0.25) is 4.79 Å². The van der Waals surface area contributed by atoms with Gasteiger partial charge in [0, 0.05) is 19.3 Å². The Labute approximate surface area is 94.0 Å². The number of nitrogens with two attached hydrogens (primary N) is 2. The number of rotatable bonds is 7. The number of hydrogen-bond donors (Lipinski definition) is 3. The van der Waals surface area contributed by atoms with Gasteiger partial charge in [-0.25, -0.2) is 4.98 Å². The summed E-state index contributed by atoms with van der Waals surface area (Å²) in [7, 11) is 0. The summed E-state index contributed by atoms with van der Waals surface area (Å²) in [6, 6.07) is 3.29. The standard InChI is InChI=1S/C10H16N4O2/c11-3-6-16-7-5-14-10-8(9(12)15)2-1-4-13-10/h1-2,4H,3,5-7,11H2,(H2,12,15)(H,13,14). The van der Waals surface area contributed by atoms with Crippen molar-refractivity contribution in [1.82, 2.24) is 4.98 Å². The van der Waals surface area contributed by atoms with Crippen LogP contribution in [0.3, 0.4) is 0 Å². The first-order valence-electron chi connectivity index (χ1n) is 5.02. The molecule has 0 aliphatic rings. The van der Waals surface area contributed by atoms with Crippen LogP contribution in [0.15, 0.2) is 18.3 Å². The van der Waals surface area contributed by atoms with Crippen molar-refractivity contribution in [3.05, 3.63) is 23.9 Å². The van der Waals surface area contributed by atoms with Crippen LogP contribution in [0.5, 0.6) is 0 Å². The number of hydrogen-bond acceptors (Lipinski definition) is 5. The molecule has 0 saturated carbocycles. The van der Waals surface area contributed by atoms with Gasteiger partial charge in [-0.15, -0.1) is 0 Å². The van der Waals surface area contributed by atoms with E-state index in [1.165, 1.54) is 0 Å². The fourth-order valence-corrected chi connectivity index (χ4v) is 1.17. The Morgan fingerprint density at radius 3 is 3.00 bits per heavy atom. The molecule has 16 heavy (non-hydrogen) atoms. The van der Waals surface area contributed by atoms with Gasteiger partial charge in [0.15, 0.2) is 0 Å². The summed E-state index contributed by atoms with van der Waals surface area (Å²) in [5.41, 5.74) is 10.8. The van der Waals surface area contributed by atoms with Crippen LogP contribution >= 0.6 is 0 Å². The molecule has 0 fully saturated rings. The number of nitrogens with one attached hydrogen (secondary N) is 1. The smallest absolute Gasteiger partial charge is 0.252 e. The van der Waals surface area contributed by atoms with Crippen molar-refractivity contribution in [2.24, 2.45) is 11.5 Å². The second-order valence-electron chi connectivity index (χ2n) is 3.09. The number of pyridine rings is 1. The summed E-state index contributed by atoms with van der Waals surface area (Å²) < 4.78 is 5.17. The Morgan fingerprint density at radius 2 is 2.31 bits per heavy atom. The fourth-order valence-electron chi connectivity index (χ4n) is 1.17. The lowest BCUT2D eigenvalue weighted by Gasteiger charge is -2.08. The highest BCUT2D eigenvalue weighted by Crippen LogP contribution is 2.09. The summed E-state index contributed by atoms with van der Waals surface area (Å²) in [4.78, 5) is 15.1. The maximum absolute atomic E-state index is 11.1. The summed E-state index contributed by atoms with van der Waals surface area (Å²) in [6.07, 6.45) is 1.59. The zero-order chi connectivity index (χ0) is 11.8. The molecule has 0 saturated heterocycles. The lowest BCUT2D eigenvalue weighted by atomic mass is 10.2. The second-order valence-corrected chi connectivity index (χ2v) is 3.09. The van der Waals surface area contributed by atoms with Crippen LogP contribution in [0.2, 0.25) is 0 Å². The lowest BCUT2D eigenvalue weighted by molar-refractivity contribution is 0.100. The monoisotopic (exact) mass is 224 g/mol. The van der Waals surface area contributed by atoms with Crippen molar-refractivity contribution in [2.45, 2.75) is 0 Å². The molecule has 1 heterocycles. The third kappa shape index (κ3) is 3.84. The third-order valence-corrected chi connectivity index (χ3v) is 1.87. The van der Waals surface area contributed by atoms with Crippen molar-refractivity contribution in [3.63, 3.8) is 0 Å².